The molecule has 0 spiro atoms. The van der Waals surface area contributed by atoms with Crippen molar-refractivity contribution in [2.45, 2.75) is 64.1 Å². The summed E-state index contributed by atoms with van der Waals surface area (Å²) in [5.74, 6) is 0. The van der Waals surface area contributed by atoms with Gasteiger partial charge in [0.25, 0.3) is 0 Å². The Balaban J connectivity index is 1.30. The third kappa shape index (κ3) is 7.92. The molecule has 1 aliphatic rings. The van der Waals surface area contributed by atoms with Crippen LogP contribution in [0.25, 0.3) is 0 Å². The highest BCUT2D eigenvalue weighted by molar-refractivity contribution is 5.13. The molecule has 1 heterocycles. The summed E-state index contributed by atoms with van der Waals surface area (Å²) in [4.78, 5) is 0. The summed E-state index contributed by atoms with van der Waals surface area (Å²) in [7, 11) is 0. The standard InChI is InChI=1S/C19H30O3/c1(2-4-9-13-19-16-21-17-22-19)3-5-10-14-20-15-18-11-7-6-8-12-18/h6-8,11-12,19H,1-5,9-10,13-17H2. The maximum absolute atomic E-state index is 5.70. The van der Waals surface area contributed by atoms with E-state index in [1.807, 2.05) is 6.07 Å². The SMILES string of the molecule is c1ccc(COCCCCCCCCCC2COCO2)cc1. The number of ether oxygens (including phenoxy) is 3. The van der Waals surface area contributed by atoms with Crippen LogP contribution >= 0.6 is 0 Å². The highest BCUT2D eigenvalue weighted by Gasteiger charge is 2.14. The molecule has 0 N–H and O–H groups in total. The van der Waals surface area contributed by atoms with Gasteiger partial charge in [0.15, 0.2) is 0 Å². The van der Waals surface area contributed by atoms with Crippen LogP contribution in [0, 0.1) is 0 Å². The first kappa shape index (κ1) is 17.5. The van der Waals surface area contributed by atoms with Crippen molar-refractivity contribution in [2.24, 2.45) is 0 Å². The van der Waals surface area contributed by atoms with E-state index in [4.69, 9.17) is 14.2 Å². The van der Waals surface area contributed by atoms with Gasteiger partial charge < -0.3 is 14.2 Å². The number of hydrogen-bond donors (Lipinski definition) is 0. The minimum atomic E-state index is 0.363. The van der Waals surface area contributed by atoms with Crippen LogP contribution in [0.4, 0.5) is 0 Å². The van der Waals surface area contributed by atoms with Crippen LogP contribution in [-0.2, 0) is 20.8 Å². The van der Waals surface area contributed by atoms with Crippen LogP contribution < -0.4 is 0 Å². The van der Waals surface area contributed by atoms with Crippen LogP contribution in [-0.4, -0.2) is 26.1 Å². The lowest BCUT2D eigenvalue weighted by atomic mass is 10.1. The van der Waals surface area contributed by atoms with Gasteiger partial charge in [0.2, 0.25) is 0 Å². The fraction of sp³-hybridized carbons (Fsp3) is 0.684. The quantitative estimate of drug-likeness (QED) is 0.524. The zero-order valence-electron chi connectivity index (χ0n) is 13.7. The van der Waals surface area contributed by atoms with Gasteiger partial charge in [-0.1, -0.05) is 68.9 Å². The second-order valence-corrected chi connectivity index (χ2v) is 6.08. The smallest absolute Gasteiger partial charge is 0.147 e. The molecule has 0 radical (unpaired) electrons. The van der Waals surface area contributed by atoms with Crippen molar-refractivity contribution >= 4 is 0 Å². The molecule has 2 rings (SSSR count). The van der Waals surface area contributed by atoms with Gasteiger partial charge in [0.05, 0.1) is 19.3 Å². The topological polar surface area (TPSA) is 27.7 Å². The highest BCUT2D eigenvalue weighted by Crippen LogP contribution is 2.14. The van der Waals surface area contributed by atoms with Crippen molar-refractivity contribution in [3.63, 3.8) is 0 Å². The summed E-state index contributed by atoms with van der Waals surface area (Å²) in [6, 6.07) is 10.4. The first-order valence-corrected chi connectivity index (χ1v) is 8.76. The summed E-state index contributed by atoms with van der Waals surface area (Å²) in [6.45, 7) is 2.92. The van der Waals surface area contributed by atoms with Crippen LogP contribution in [0.2, 0.25) is 0 Å². The van der Waals surface area contributed by atoms with Gasteiger partial charge in [-0.2, -0.15) is 0 Å². The van der Waals surface area contributed by atoms with E-state index >= 15 is 0 Å². The first-order valence-electron chi connectivity index (χ1n) is 8.76. The van der Waals surface area contributed by atoms with Crippen molar-refractivity contribution in [1.82, 2.24) is 0 Å². The molecule has 1 saturated heterocycles. The van der Waals surface area contributed by atoms with Gasteiger partial charge in [0.1, 0.15) is 6.79 Å². The maximum atomic E-state index is 5.70. The fourth-order valence-electron chi connectivity index (χ4n) is 2.76. The molecule has 1 atom stereocenters. The Hall–Kier alpha value is -0.900. The van der Waals surface area contributed by atoms with Crippen molar-refractivity contribution in [3.05, 3.63) is 35.9 Å². The lowest BCUT2D eigenvalue weighted by molar-refractivity contribution is 0.0440. The molecule has 1 aromatic carbocycles. The number of unbranched alkanes of at least 4 members (excludes halogenated alkanes) is 6. The molecule has 124 valence electrons. The second-order valence-electron chi connectivity index (χ2n) is 6.08. The molecule has 1 aromatic rings. The van der Waals surface area contributed by atoms with Crippen molar-refractivity contribution in [2.75, 3.05) is 20.0 Å². The third-order valence-corrected chi connectivity index (χ3v) is 4.12. The predicted octanol–water partition coefficient (Wildman–Crippen LogP) is 4.70. The molecule has 1 aliphatic heterocycles. The Kier molecular flexibility index (Phi) is 9.23. The van der Waals surface area contributed by atoms with E-state index in [1.54, 1.807) is 0 Å². The molecule has 1 fully saturated rings. The summed E-state index contributed by atoms with van der Waals surface area (Å²) in [6.07, 6.45) is 10.6. The van der Waals surface area contributed by atoms with Gasteiger partial charge >= 0.3 is 0 Å². The van der Waals surface area contributed by atoms with E-state index in [9.17, 15) is 0 Å². The molecule has 3 nitrogen and oxygen atoms in total. The van der Waals surface area contributed by atoms with Gasteiger partial charge in [-0.15, -0.1) is 0 Å². The van der Waals surface area contributed by atoms with Crippen LogP contribution in [0.1, 0.15) is 56.9 Å². The monoisotopic (exact) mass is 306 g/mol. The molecular formula is C19H30O3. The number of benzene rings is 1. The fourth-order valence-corrected chi connectivity index (χ4v) is 2.76. The molecule has 0 saturated carbocycles. The van der Waals surface area contributed by atoms with Gasteiger partial charge in [-0.3, -0.25) is 0 Å². The molecular weight excluding hydrogens is 276 g/mol. The third-order valence-electron chi connectivity index (χ3n) is 4.12. The summed E-state index contributed by atoms with van der Waals surface area (Å²) in [5, 5.41) is 0. The average molecular weight is 306 g/mol. The molecule has 0 amide bonds. The molecule has 0 aliphatic carbocycles. The van der Waals surface area contributed by atoms with Gasteiger partial charge in [-0.25, -0.2) is 0 Å². The largest absolute Gasteiger partial charge is 0.377 e. The van der Waals surface area contributed by atoms with Crippen LogP contribution in [0.5, 0.6) is 0 Å². The van der Waals surface area contributed by atoms with Gasteiger partial charge in [-0.05, 0) is 18.4 Å². The summed E-state index contributed by atoms with van der Waals surface area (Å²) in [5.41, 5.74) is 1.26. The van der Waals surface area contributed by atoms with Crippen LogP contribution in [0.3, 0.4) is 0 Å². The van der Waals surface area contributed by atoms with Crippen molar-refractivity contribution in [3.8, 4) is 0 Å². The Morgan fingerprint density at radius 1 is 0.909 bits per heavy atom. The Morgan fingerprint density at radius 2 is 1.64 bits per heavy atom. The highest BCUT2D eigenvalue weighted by atomic mass is 16.7. The lowest BCUT2D eigenvalue weighted by Crippen LogP contribution is -2.08. The summed E-state index contributed by atoms with van der Waals surface area (Å²) >= 11 is 0. The predicted molar refractivity (Wildman–Crippen MR) is 88.7 cm³/mol. The zero-order chi connectivity index (χ0) is 15.3. The minimum absolute atomic E-state index is 0.363. The molecule has 3 heteroatoms. The van der Waals surface area contributed by atoms with Crippen molar-refractivity contribution in [1.29, 1.82) is 0 Å². The zero-order valence-corrected chi connectivity index (χ0v) is 13.7. The normalized spacial score (nSPS) is 17.9. The van der Waals surface area contributed by atoms with Gasteiger partial charge in [0, 0.05) is 6.61 Å². The number of rotatable bonds is 12. The first-order chi connectivity index (χ1) is 10.9. The molecule has 1 unspecified atom stereocenters. The average Bonchev–Trinajstić information content (AvgIpc) is 3.07. The van der Waals surface area contributed by atoms with Crippen LogP contribution in [0.15, 0.2) is 30.3 Å². The number of hydrogen-bond acceptors (Lipinski definition) is 3. The van der Waals surface area contributed by atoms with Crippen molar-refractivity contribution < 1.29 is 14.2 Å². The molecule has 0 bridgehead atoms. The second kappa shape index (κ2) is 11.6. The van der Waals surface area contributed by atoms with E-state index in [0.29, 0.717) is 12.9 Å². The molecule has 22 heavy (non-hydrogen) atoms. The lowest BCUT2D eigenvalue weighted by Gasteiger charge is -2.07. The molecule has 0 aromatic heterocycles. The Labute approximate surface area is 135 Å². The van der Waals surface area contributed by atoms with E-state index in [-0.39, 0.29) is 0 Å². The maximum Gasteiger partial charge on any atom is 0.147 e. The Morgan fingerprint density at radius 3 is 2.36 bits per heavy atom. The Bertz CT molecular complexity index is 360. The van der Waals surface area contributed by atoms with E-state index in [2.05, 4.69) is 24.3 Å². The minimum Gasteiger partial charge on any atom is -0.377 e. The van der Waals surface area contributed by atoms with E-state index < -0.39 is 0 Å². The van der Waals surface area contributed by atoms with E-state index in [1.165, 1.54) is 50.5 Å². The van der Waals surface area contributed by atoms with E-state index in [0.717, 1.165) is 26.2 Å². The summed E-state index contributed by atoms with van der Waals surface area (Å²) < 4.78 is 16.3.